The second kappa shape index (κ2) is 13.7. The van der Waals surface area contributed by atoms with Gasteiger partial charge in [-0.3, -0.25) is 24.0 Å². The third-order valence-corrected chi connectivity index (χ3v) is 5.57. The number of amides is 4. The lowest BCUT2D eigenvalue weighted by Gasteiger charge is -2.24. The van der Waals surface area contributed by atoms with Gasteiger partial charge in [0, 0.05) is 29.9 Å². The number of aliphatic hydroxyl groups is 1. The summed E-state index contributed by atoms with van der Waals surface area (Å²) in [7, 11) is 0. The predicted molar refractivity (Wildman–Crippen MR) is 131 cm³/mol. The summed E-state index contributed by atoms with van der Waals surface area (Å²) in [6.45, 7) is -0.924. The third-order valence-electron chi connectivity index (χ3n) is 5.57. The van der Waals surface area contributed by atoms with E-state index in [1.54, 1.807) is 30.5 Å². The second-order valence-electron chi connectivity index (χ2n) is 8.48. The largest absolute Gasteiger partial charge is 0.481 e. The van der Waals surface area contributed by atoms with E-state index in [0.29, 0.717) is 5.56 Å². The van der Waals surface area contributed by atoms with E-state index < -0.39 is 79.2 Å². The maximum absolute atomic E-state index is 12.9. The molecule has 11 N–H and O–H groups in total. The number of carboxylic acids is 2. The number of para-hydroxylation sites is 1. The lowest BCUT2D eigenvalue weighted by atomic mass is 10.0. The zero-order valence-corrected chi connectivity index (χ0v) is 20.2. The van der Waals surface area contributed by atoms with Crippen LogP contribution in [0.1, 0.15) is 24.8 Å². The van der Waals surface area contributed by atoms with Crippen molar-refractivity contribution in [1.29, 1.82) is 0 Å². The number of carboxylic acid groups (broad SMARTS) is 2. The highest BCUT2D eigenvalue weighted by atomic mass is 16.4. The molecule has 15 heteroatoms. The van der Waals surface area contributed by atoms with Gasteiger partial charge in [-0.15, -0.1) is 0 Å². The maximum Gasteiger partial charge on any atom is 0.326 e. The number of nitrogens with two attached hydrogens (primary N) is 2. The monoisotopic (exact) mass is 534 g/mol. The molecule has 0 bridgehead atoms. The quantitative estimate of drug-likeness (QED) is 0.114. The molecule has 0 aliphatic heterocycles. The van der Waals surface area contributed by atoms with Gasteiger partial charge in [0.05, 0.1) is 19.1 Å². The molecule has 0 spiro atoms. The summed E-state index contributed by atoms with van der Waals surface area (Å²) in [4.78, 5) is 74.7. The molecule has 4 amide bonds. The van der Waals surface area contributed by atoms with Crippen molar-refractivity contribution in [2.45, 2.75) is 49.9 Å². The van der Waals surface area contributed by atoms with Crippen molar-refractivity contribution < 1.29 is 44.1 Å². The summed E-state index contributed by atoms with van der Waals surface area (Å²) in [6, 6.07) is 1.16. The second-order valence-corrected chi connectivity index (χ2v) is 8.48. The van der Waals surface area contributed by atoms with Crippen LogP contribution in [-0.4, -0.2) is 86.6 Å². The highest BCUT2D eigenvalue weighted by molar-refractivity contribution is 5.96. The molecule has 15 nitrogen and oxygen atoms in total. The number of carbonyl (C=O) groups is 6. The van der Waals surface area contributed by atoms with Crippen LogP contribution in [0.2, 0.25) is 0 Å². The van der Waals surface area contributed by atoms with Crippen LogP contribution in [0.5, 0.6) is 0 Å². The molecule has 0 aliphatic rings. The zero-order valence-electron chi connectivity index (χ0n) is 20.2. The average molecular weight is 535 g/mol. The van der Waals surface area contributed by atoms with Crippen LogP contribution in [0.15, 0.2) is 30.5 Å². The lowest BCUT2D eigenvalue weighted by Crippen LogP contribution is -2.58. The normalized spacial score (nSPS) is 14.1. The Morgan fingerprint density at radius 2 is 1.50 bits per heavy atom. The number of fused-ring (bicyclic) bond motifs is 1. The van der Waals surface area contributed by atoms with Crippen molar-refractivity contribution in [2.24, 2.45) is 11.5 Å². The molecule has 1 aromatic carbocycles. The van der Waals surface area contributed by atoms with E-state index >= 15 is 0 Å². The Hall–Kier alpha value is -4.50. The van der Waals surface area contributed by atoms with Crippen molar-refractivity contribution in [3.05, 3.63) is 36.0 Å². The minimum Gasteiger partial charge on any atom is -0.481 e. The molecule has 0 saturated heterocycles. The van der Waals surface area contributed by atoms with Crippen LogP contribution in [0.25, 0.3) is 10.9 Å². The van der Waals surface area contributed by atoms with Gasteiger partial charge in [0.2, 0.25) is 23.6 Å². The first-order valence-corrected chi connectivity index (χ1v) is 11.5. The summed E-state index contributed by atoms with van der Waals surface area (Å²) in [5.74, 6) is -6.60. The Labute approximate surface area is 215 Å². The van der Waals surface area contributed by atoms with Gasteiger partial charge in [-0.05, 0) is 18.1 Å². The highest BCUT2D eigenvalue weighted by Gasteiger charge is 2.31. The number of nitrogens with one attached hydrogen (secondary N) is 4. The molecule has 4 atom stereocenters. The Morgan fingerprint density at radius 1 is 0.895 bits per heavy atom. The van der Waals surface area contributed by atoms with Crippen LogP contribution in [0.3, 0.4) is 0 Å². The van der Waals surface area contributed by atoms with E-state index in [2.05, 4.69) is 20.9 Å². The third kappa shape index (κ3) is 8.56. The van der Waals surface area contributed by atoms with E-state index in [9.17, 15) is 39.0 Å². The van der Waals surface area contributed by atoms with E-state index in [-0.39, 0.29) is 12.8 Å². The van der Waals surface area contributed by atoms with Crippen LogP contribution < -0.4 is 27.4 Å². The van der Waals surface area contributed by atoms with E-state index in [0.717, 1.165) is 10.9 Å². The van der Waals surface area contributed by atoms with Crippen LogP contribution in [0.4, 0.5) is 0 Å². The summed E-state index contributed by atoms with van der Waals surface area (Å²) in [5, 5.41) is 35.2. The maximum atomic E-state index is 12.9. The molecule has 0 radical (unpaired) electrons. The van der Waals surface area contributed by atoms with Crippen molar-refractivity contribution in [3.63, 3.8) is 0 Å². The molecular formula is C23H30N6O9. The molecule has 2 rings (SSSR count). The Balaban J connectivity index is 2.10. The number of hydrogen-bond acceptors (Lipinski definition) is 8. The highest BCUT2D eigenvalue weighted by Crippen LogP contribution is 2.19. The van der Waals surface area contributed by atoms with Gasteiger partial charge in [0.1, 0.15) is 18.1 Å². The summed E-state index contributed by atoms with van der Waals surface area (Å²) in [6.07, 6.45) is 0.133. The standard InChI is InChI=1S/C23H30N6O9/c24-13(5-6-19(32)33)20(34)29-17(10-30)22(36)27-15(8-18(25)31)21(35)28-16(23(37)38)7-11-9-26-14-4-2-1-3-12(11)14/h1-4,9,13,15-17,26,30H,5-8,10,24H2,(H2,25,31)(H,27,36)(H,28,35)(H,29,34)(H,32,33)(H,37,38). The number of H-pyrrole nitrogens is 1. The van der Waals surface area contributed by atoms with Crippen molar-refractivity contribution in [1.82, 2.24) is 20.9 Å². The summed E-state index contributed by atoms with van der Waals surface area (Å²) >= 11 is 0. The number of hydrogen-bond donors (Lipinski definition) is 9. The molecule has 0 fully saturated rings. The van der Waals surface area contributed by atoms with Crippen molar-refractivity contribution in [2.75, 3.05) is 6.61 Å². The molecule has 1 heterocycles. The topological polar surface area (TPSA) is 267 Å². The van der Waals surface area contributed by atoms with Crippen LogP contribution in [-0.2, 0) is 35.2 Å². The first-order valence-electron chi connectivity index (χ1n) is 11.5. The molecule has 2 aromatic rings. The van der Waals surface area contributed by atoms with Crippen LogP contribution in [0, 0.1) is 0 Å². The fraction of sp³-hybridized carbons (Fsp3) is 0.391. The van der Waals surface area contributed by atoms with Gasteiger partial charge in [-0.25, -0.2) is 4.79 Å². The Morgan fingerprint density at radius 3 is 2.11 bits per heavy atom. The molecule has 0 saturated carbocycles. The Kier molecular flexibility index (Phi) is 10.7. The van der Waals surface area contributed by atoms with Crippen molar-refractivity contribution in [3.8, 4) is 0 Å². The lowest BCUT2D eigenvalue weighted by molar-refractivity contribution is -0.142. The SMILES string of the molecule is NC(=O)CC(NC(=O)C(CO)NC(=O)C(N)CCC(=O)O)C(=O)NC(Cc1c[nH]c2ccccc12)C(=O)O. The molecule has 206 valence electrons. The van der Waals surface area contributed by atoms with Gasteiger partial charge >= 0.3 is 11.9 Å². The molecule has 4 unspecified atom stereocenters. The van der Waals surface area contributed by atoms with E-state index in [1.165, 1.54) is 0 Å². The number of aromatic nitrogens is 1. The predicted octanol–water partition coefficient (Wildman–Crippen LogP) is -2.69. The summed E-state index contributed by atoms with van der Waals surface area (Å²) in [5.41, 5.74) is 12.1. The number of aliphatic hydroxyl groups excluding tert-OH is 1. The average Bonchev–Trinajstić information content (AvgIpc) is 3.27. The number of benzene rings is 1. The fourth-order valence-corrected chi connectivity index (χ4v) is 3.56. The number of aliphatic carboxylic acids is 2. The number of primary amides is 1. The molecule has 38 heavy (non-hydrogen) atoms. The molecule has 1 aromatic heterocycles. The van der Waals surface area contributed by atoms with Gasteiger partial charge in [0.15, 0.2) is 0 Å². The number of carbonyl (C=O) groups excluding carboxylic acids is 4. The van der Waals surface area contributed by atoms with Gasteiger partial charge in [0.25, 0.3) is 0 Å². The first-order chi connectivity index (χ1) is 17.9. The first kappa shape index (κ1) is 29.7. The number of aromatic amines is 1. The smallest absolute Gasteiger partial charge is 0.326 e. The van der Waals surface area contributed by atoms with Gasteiger partial charge < -0.3 is 47.7 Å². The van der Waals surface area contributed by atoms with Gasteiger partial charge in [-0.2, -0.15) is 0 Å². The minimum absolute atomic E-state index is 0.119. The zero-order chi connectivity index (χ0) is 28.4. The fourth-order valence-electron chi connectivity index (χ4n) is 3.56. The van der Waals surface area contributed by atoms with Crippen LogP contribution >= 0.6 is 0 Å². The molecule has 0 aliphatic carbocycles. The number of rotatable bonds is 15. The Bertz CT molecular complexity index is 1200. The van der Waals surface area contributed by atoms with Gasteiger partial charge in [-0.1, -0.05) is 18.2 Å². The summed E-state index contributed by atoms with van der Waals surface area (Å²) < 4.78 is 0. The molecular weight excluding hydrogens is 504 g/mol. The van der Waals surface area contributed by atoms with E-state index in [1.807, 2.05) is 0 Å². The van der Waals surface area contributed by atoms with E-state index in [4.69, 9.17) is 16.6 Å². The van der Waals surface area contributed by atoms with Crippen molar-refractivity contribution >= 4 is 46.5 Å². The minimum atomic E-state index is -1.63.